The van der Waals surface area contributed by atoms with Gasteiger partial charge in [-0.25, -0.2) is 0 Å². The van der Waals surface area contributed by atoms with Gasteiger partial charge >= 0.3 is 0 Å². The second kappa shape index (κ2) is 5.41. The first-order chi connectivity index (χ1) is 9.70. The molecular weight excluding hydrogens is 242 g/mol. The van der Waals surface area contributed by atoms with Gasteiger partial charge in [-0.15, -0.1) is 0 Å². The number of fused-ring (bicyclic) bond motifs is 3. The molecule has 0 radical (unpaired) electrons. The molecule has 0 heterocycles. The van der Waals surface area contributed by atoms with E-state index in [4.69, 9.17) is 5.73 Å². The summed E-state index contributed by atoms with van der Waals surface area (Å²) in [5.74, 6) is 0.537. The Balaban J connectivity index is 1.95. The average Bonchev–Trinajstić information content (AvgIpc) is 2.84. The van der Waals surface area contributed by atoms with Gasteiger partial charge in [-0.1, -0.05) is 56.7 Å². The molecule has 3 rings (SSSR count). The summed E-state index contributed by atoms with van der Waals surface area (Å²) in [5.41, 5.74) is 13.4. The van der Waals surface area contributed by atoms with Gasteiger partial charge in [-0.2, -0.15) is 0 Å². The van der Waals surface area contributed by atoms with Crippen LogP contribution in [0.3, 0.4) is 0 Å². The number of benzene rings is 2. The lowest BCUT2D eigenvalue weighted by atomic mass is 9.90. The van der Waals surface area contributed by atoms with Crippen LogP contribution < -0.4 is 5.73 Å². The average molecular weight is 265 g/mol. The molecule has 0 saturated carbocycles. The van der Waals surface area contributed by atoms with E-state index in [1.54, 1.807) is 0 Å². The third-order valence-corrected chi connectivity index (χ3v) is 4.56. The molecule has 0 bridgehead atoms. The lowest BCUT2D eigenvalue weighted by Crippen LogP contribution is -2.19. The molecule has 0 saturated heterocycles. The summed E-state index contributed by atoms with van der Waals surface area (Å²) in [7, 11) is 0. The van der Waals surface area contributed by atoms with Crippen LogP contribution in [0.4, 0.5) is 0 Å². The van der Waals surface area contributed by atoms with Crippen LogP contribution in [0.25, 0.3) is 11.1 Å². The van der Waals surface area contributed by atoms with Gasteiger partial charge in [0.1, 0.15) is 0 Å². The van der Waals surface area contributed by atoms with Crippen molar-refractivity contribution < 1.29 is 0 Å². The molecular formula is C19H23N. The van der Waals surface area contributed by atoms with Crippen LogP contribution in [0.2, 0.25) is 0 Å². The maximum atomic E-state index is 6.44. The molecule has 0 fully saturated rings. The molecule has 0 amide bonds. The number of hydrogen-bond donors (Lipinski definition) is 1. The summed E-state index contributed by atoms with van der Waals surface area (Å²) < 4.78 is 0. The highest BCUT2D eigenvalue weighted by Gasteiger charge is 2.20. The minimum absolute atomic E-state index is 0.146. The van der Waals surface area contributed by atoms with Crippen molar-refractivity contribution in [3.8, 4) is 11.1 Å². The predicted molar refractivity (Wildman–Crippen MR) is 85.7 cm³/mol. The third-order valence-electron chi connectivity index (χ3n) is 4.56. The van der Waals surface area contributed by atoms with E-state index in [0.717, 1.165) is 6.42 Å². The Morgan fingerprint density at radius 1 is 1.05 bits per heavy atom. The minimum Gasteiger partial charge on any atom is -0.324 e. The summed E-state index contributed by atoms with van der Waals surface area (Å²) in [4.78, 5) is 0. The largest absolute Gasteiger partial charge is 0.324 e. The first kappa shape index (κ1) is 13.4. The zero-order chi connectivity index (χ0) is 14.1. The summed E-state index contributed by atoms with van der Waals surface area (Å²) in [6, 6.07) is 15.7. The van der Waals surface area contributed by atoms with Crippen molar-refractivity contribution in [1.82, 2.24) is 0 Å². The van der Waals surface area contributed by atoms with Crippen LogP contribution in [0.15, 0.2) is 42.5 Å². The van der Waals surface area contributed by atoms with Crippen molar-refractivity contribution in [3.05, 3.63) is 59.2 Å². The van der Waals surface area contributed by atoms with Crippen molar-refractivity contribution in [3.63, 3.8) is 0 Å². The first-order valence-corrected chi connectivity index (χ1v) is 7.67. The quantitative estimate of drug-likeness (QED) is 0.727. The molecule has 2 atom stereocenters. The monoisotopic (exact) mass is 265 g/mol. The third kappa shape index (κ3) is 2.27. The van der Waals surface area contributed by atoms with Gasteiger partial charge in [0.05, 0.1) is 0 Å². The SMILES string of the molecule is CCCC(C)C(N)c1ccc2c(c1)-c1ccccc1C2. The van der Waals surface area contributed by atoms with E-state index in [1.807, 2.05) is 0 Å². The van der Waals surface area contributed by atoms with Crippen LogP contribution in [-0.2, 0) is 6.42 Å². The van der Waals surface area contributed by atoms with E-state index in [-0.39, 0.29) is 6.04 Å². The van der Waals surface area contributed by atoms with Crippen LogP contribution >= 0.6 is 0 Å². The molecule has 1 nitrogen and oxygen atoms in total. The van der Waals surface area contributed by atoms with E-state index in [2.05, 4.69) is 56.3 Å². The Morgan fingerprint density at radius 3 is 2.60 bits per heavy atom. The Bertz CT molecular complexity index is 615. The van der Waals surface area contributed by atoms with Crippen LogP contribution in [0.5, 0.6) is 0 Å². The lowest BCUT2D eigenvalue weighted by Gasteiger charge is -2.20. The van der Waals surface area contributed by atoms with E-state index >= 15 is 0 Å². The molecule has 2 aromatic rings. The molecule has 0 aromatic heterocycles. The van der Waals surface area contributed by atoms with Crippen LogP contribution in [0, 0.1) is 5.92 Å². The molecule has 2 unspecified atom stereocenters. The molecule has 1 aliphatic carbocycles. The Kier molecular flexibility index (Phi) is 3.62. The fourth-order valence-corrected chi connectivity index (χ4v) is 3.31. The number of nitrogens with two attached hydrogens (primary N) is 1. The minimum atomic E-state index is 0.146. The van der Waals surface area contributed by atoms with Crippen molar-refractivity contribution in [2.75, 3.05) is 0 Å². The van der Waals surface area contributed by atoms with Gasteiger partial charge in [-0.05, 0) is 52.6 Å². The van der Waals surface area contributed by atoms with E-state index in [0.29, 0.717) is 5.92 Å². The lowest BCUT2D eigenvalue weighted by molar-refractivity contribution is 0.434. The van der Waals surface area contributed by atoms with E-state index in [9.17, 15) is 0 Å². The molecule has 104 valence electrons. The fraction of sp³-hybridized carbons (Fsp3) is 0.368. The van der Waals surface area contributed by atoms with Gasteiger partial charge in [0.15, 0.2) is 0 Å². The highest BCUT2D eigenvalue weighted by Crippen LogP contribution is 2.38. The Morgan fingerprint density at radius 2 is 1.80 bits per heavy atom. The van der Waals surface area contributed by atoms with Gasteiger partial charge in [0.2, 0.25) is 0 Å². The van der Waals surface area contributed by atoms with Gasteiger partial charge in [0.25, 0.3) is 0 Å². The van der Waals surface area contributed by atoms with Crippen LogP contribution in [-0.4, -0.2) is 0 Å². The maximum absolute atomic E-state index is 6.44. The second-order valence-electron chi connectivity index (χ2n) is 6.04. The molecule has 20 heavy (non-hydrogen) atoms. The number of hydrogen-bond acceptors (Lipinski definition) is 1. The van der Waals surface area contributed by atoms with Crippen molar-refractivity contribution >= 4 is 0 Å². The molecule has 0 spiro atoms. The smallest absolute Gasteiger partial charge is 0.0321 e. The maximum Gasteiger partial charge on any atom is 0.0321 e. The van der Waals surface area contributed by atoms with E-state index in [1.165, 1.54) is 40.7 Å². The molecule has 2 N–H and O–H groups in total. The highest BCUT2D eigenvalue weighted by atomic mass is 14.6. The fourth-order valence-electron chi connectivity index (χ4n) is 3.31. The summed E-state index contributed by atoms with van der Waals surface area (Å²) >= 11 is 0. The standard InChI is InChI=1S/C19H23N/c1-3-6-13(2)19(20)16-10-9-15-11-14-7-4-5-8-17(14)18(15)12-16/h4-5,7-10,12-13,19H,3,6,11,20H2,1-2H3. The zero-order valence-electron chi connectivity index (χ0n) is 12.4. The van der Waals surface area contributed by atoms with Crippen molar-refractivity contribution in [2.24, 2.45) is 11.7 Å². The molecule has 1 heteroatoms. The molecule has 1 aliphatic rings. The van der Waals surface area contributed by atoms with Gasteiger partial charge < -0.3 is 5.73 Å². The van der Waals surface area contributed by atoms with Crippen molar-refractivity contribution in [1.29, 1.82) is 0 Å². The molecule has 2 aromatic carbocycles. The second-order valence-corrected chi connectivity index (χ2v) is 6.04. The zero-order valence-corrected chi connectivity index (χ0v) is 12.4. The van der Waals surface area contributed by atoms with Crippen molar-refractivity contribution in [2.45, 2.75) is 39.2 Å². The molecule has 0 aliphatic heterocycles. The van der Waals surface area contributed by atoms with Gasteiger partial charge in [0, 0.05) is 6.04 Å². The Hall–Kier alpha value is -1.60. The first-order valence-electron chi connectivity index (χ1n) is 7.67. The topological polar surface area (TPSA) is 26.0 Å². The predicted octanol–water partition coefficient (Wildman–Crippen LogP) is 4.69. The normalized spacial score (nSPS) is 15.6. The van der Waals surface area contributed by atoms with Crippen LogP contribution in [0.1, 0.15) is 49.4 Å². The number of rotatable bonds is 4. The summed E-state index contributed by atoms with van der Waals surface area (Å²) in [6.45, 7) is 4.48. The summed E-state index contributed by atoms with van der Waals surface area (Å²) in [6.07, 6.45) is 3.45. The Labute approximate surface area is 121 Å². The summed E-state index contributed by atoms with van der Waals surface area (Å²) in [5, 5.41) is 0. The highest BCUT2D eigenvalue weighted by molar-refractivity contribution is 5.77. The van der Waals surface area contributed by atoms with Gasteiger partial charge in [-0.3, -0.25) is 0 Å². The van der Waals surface area contributed by atoms with E-state index < -0.39 is 0 Å².